The Morgan fingerprint density at radius 2 is 2.07 bits per heavy atom. The van der Waals surface area contributed by atoms with Crippen LogP contribution in [0.3, 0.4) is 0 Å². The van der Waals surface area contributed by atoms with Crippen LogP contribution in [0.4, 0.5) is 0 Å². The number of hydrogen-bond donors (Lipinski definition) is 2. The fourth-order valence-corrected chi connectivity index (χ4v) is 2.84. The van der Waals surface area contributed by atoms with Crippen molar-refractivity contribution in [2.45, 2.75) is 44.9 Å². The number of aromatic nitrogens is 1. The third-order valence-corrected chi connectivity index (χ3v) is 3.78. The van der Waals surface area contributed by atoms with E-state index in [0.717, 1.165) is 10.6 Å². The number of nitrogens with zero attached hydrogens (tertiary/aromatic N) is 1. The van der Waals surface area contributed by atoms with Gasteiger partial charge in [-0.3, -0.25) is 5.41 Å². The van der Waals surface area contributed by atoms with Crippen LogP contribution in [-0.2, 0) is 5.41 Å². The summed E-state index contributed by atoms with van der Waals surface area (Å²) in [7, 11) is 0. The van der Waals surface area contributed by atoms with Gasteiger partial charge in [0.05, 0.1) is 15.6 Å². The lowest BCUT2D eigenvalue weighted by Crippen LogP contribution is -2.19. The maximum atomic E-state index is 7.58. The summed E-state index contributed by atoms with van der Waals surface area (Å²) in [6.07, 6.45) is 2.49. The minimum absolute atomic E-state index is 0.0232. The van der Waals surface area contributed by atoms with Crippen LogP contribution in [0, 0.1) is 5.41 Å². The van der Waals surface area contributed by atoms with E-state index in [4.69, 9.17) is 11.1 Å². The lowest BCUT2D eigenvalue weighted by atomic mass is 9.91. The van der Waals surface area contributed by atoms with E-state index < -0.39 is 0 Å². The summed E-state index contributed by atoms with van der Waals surface area (Å²) in [5.74, 6) is 0.800. The molecule has 0 atom stereocenters. The molecule has 3 N–H and O–H groups in total. The first-order valence-electron chi connectivity index (χ1n) is 5.25. The van der Waals surface area contributed by atoms with Crippen molar-refractivity contribution in [3.8, 4) is 0 Å². The maximum absolute atomic E-state index is 7.58. The molecule has 0 radical (unpaired) electrons. The fraction of sp³-hybridized carbons (Fsp3) is 0.636. The van der Waals surface area contributed by atoms with Gasteiger partial charge in [0.15, 0.2) is 0 Å². The van der Waals surface area contributed by atoms with E-state index in [1.807, 2.05) is 0 Å². The van der Waals surface area contributed by atoms with Gasteiger partial charge in [0.1, 0.15) is 5.84 Å². The Morgan fingerprint density at radius 3 is 2.40 bits per heavy atom. The number of hydrogen-bond acceptors (Lipinski definition) is 3. The zero-order chi connectivity index (χ0) is 11.2. The van der Waals surface area contributed by atoms with Crippen molar-refractivity contribution < 1.29 is 0 Å². The number of amidine groups is 1. The molecule has 0 bridgehead atoms. The molecule has 0 unspecified atom stereocenters. The molecular weight excluding hydrogens is 206 g/mol. The molecule has 0 aliphatic heterocycles. The van der Waals surface area contributed by atoms with E-state index in [0.29, 0.717) is 5.92 Å². The van der Waals surface area contributed by atoms with Gasteiger partial charge in [0, 0.05) is 11.3 Å². The summed E-state index contributed by atoms with van der Waals surface area (Å²) in [6, 6.07) is 0. The molecule has 82 valence electrons. The molecule has 1 fully saturated rings. The van der Waals surface area contributed by atoms with Crippen LogP contribution < -0.4 is 5.73 Å². The zero-order valence-electron chi connectivity index (χ0n) is 9.42. The molecule has 0 spiro atoms. The van der Waals surface area contributed by atoms with E-state index in [1.165, 1.54) is 17.8 Å². The van der Waals surface area contributed by atoms with E-state index >= 15 is 0 Å². The van der Waals surface area contributed by atoms with Crippen LogP contribution in [-0.4, -0.2) is 10.8 Å². The van der Waals surface area contributed by atoms with Gasteiger partial charge in [-0.2, -0.15) is 0 Å². The molecule has 3 nitrogen and oxygen atoms in total. The second kappa shape index (κ2) is 3.30. The third kappa shape index (κ3) is 2.04. The Hall–Kier alpha value is -0.900. The molecule has 2 rings (SSSR count). The standard InChI is InChI=1S/C11H17N3S/c1-11(2,3)8-7(9(12)13)15-10(14-8)6-4-5-6/h6H,4-5H2,1-3H3,(H3,12,13). The van der Waals surface area contributed by atoms with Gasteiger partial charge in [-0.15, -0.1) is 11.3 Å². The summed E-state index contributed by atoms with van der Waals surface area (Å²) in [5, 5.41) is 8.75. The van der Waals surface area contributed by atoms with Gasteiger partial charge in [-0.05, 0) is 12.8 Å². The van der Waals surface area contributed by atoms with Crippen LogP contribution in [0.5, 0.6) is 0 Å². The summed E-state index contributed by atoms with van der Waals surface area (Å²) in [6.45, 7) is 6.35. The molecular formula is C11H17N3S. The molecule has 1 aliphatic rings. The molecule has 15 heavy (non-hydrogen) atoms. The Labute approximate surface area is 94.2 Å². The summed E-state index contributed by atoms with van der Waals surface area (Å²) in [4.78, 5) is 5.53. The van der Waals surface area contributed by atoms with E-state index in [9.17, 15) is 0 Å². The Morgan fingerprint density at radius 1 is 1.47 bits per heavy atom. The summed E-state index contributed by atoms with van der Waals surface area (Å²) in [5.41, 5.74) is 6.56. The van der Waals surface area contributed by atoms with Gasteiger partial charge in [-0.1, -0.05) is 20.8 Å². The quantitative estimate of drug-likeness (QED) is 0.598. The van der Waals surface area contributed by atoms with Crippen LogP contribution >= 0.6 is 11.3 Å². The summed E-state index contributed by atoms with van der Waals surface area (Å²) < 4.78 is 0. The van der Waals surface area contributed by atoms with Gasteiger partial charge >= 0.3 is 0 Å². The van der Waals surface area contributed by atoms with Crippen molar-refractivity contribution in [3.05, 3.63) is 15.6 Å². The molecule has 1 aromatic rings. The van der Waals surface area contributed by atoms with E-state index in [1.54, 1.807) is 11.3 Å². The van der Waals surface area contributed by atoms with E-state index in [-0.39, 0.29) is 11.3 Å². The average Bonchev–Trinajstić information content (AvgIpc) is 2.81. The van der Waals surface area contributed by atoms with Gasteiger partial charge in [-0.25, -0.2) is 4.98 Å². The lowest BCUT2D eigenvalue weighted by Gasteiger charge is -2.16. The number of nitrogens with one attached hydrogen (secondary N) is 1. The number of nitrogens with two attached hydrogens (primary N) is 1. The van der Waals surface area contributed by atoms with Crippen molar-refractivity contribution in [1.82, 2.24) is 4.98 Å². The first-order chi connectivity index (χ1) is 6.89. The maximum Gasteiger partial charge on any atom is 0.135 e. The zero-order valence-corrected chi connectivity index (χ0v) is 10.2. The highest BCUT2D eigenvalue weighted by molar-refractivity contribution is 7.14. The SMILES string of the molecule is CC(C)(C)c1nc(C2CC2)sc1C(=N)N. The normalized spacial score (nSPS) is 16.7. The number of thiazole rings is 1. The average molecular weight is 223 g/mol. The first-order valence-corrected chi connectivity index (χ1v) is 6.07. The van der Waals surface area contributed by atoms with Gasteiger partial charge in [0.25, 0.3) is 0 Å². The topological polar surface area (TPSA) is 62.8 Å². The molecule has 1 aromatic heterocycles. The monoisotopic (exact) mass is 223 g/mol. The predicted octanol–water partition coefficient (Wildman–Crippen LogP) is 2.60. The third-order valence-electron chi connectivity index (χ3n) is 2.53. The van der Waals surface area contributed by atoms with Crippen LogP contribution in [0.15, 0.2) is 0 Å². The molecule has 1 saturated carbocycles. The van der Waals surface area contributed by atoms with Crippen LogP contribution in [0.2, 0.25) is 0 Å². The Kier molecular flexibility index (Phi) is 2.34. The molecule has 1 heterocycles. The number of nitrogen functional groups attached to an aromatic ring is 1. The van der Waals surface area contributed by atoms with Crippen LogP contribution in [0.25, 0.3) is 0 Å². The Bertz CT molecular complexity index is 396. The molecule has 1 aliphatic carbocycles. The van der Waals surface area contributed by atoms with Crippen molar-refractivity contribution in [1.29, 1.82) is 5.41 Å². The largest absolute Gasteiger partial charge is 0.383 e. The minimum atomic E-state index is -0.0232. The lowest BCUT2D eigenvalue weighted by molar-refractivity contribution is 0.570. The second-order valence-corrected chi connectivity index (χ2v) is 6.20. The van der Waals surface area contributed by atoms with Crippen molar-refractivity contribution in [2.24, 2.45) is 5.73 Å². The van der Waals surface area contributed by atoms with E-state index in [2.05, 4.69) is 25.8 Å². The highest BCUT2D eigenvalue weighted by Gasteiger charge is 2.31. The van der Waals surface area contributed by atoms with Gasteiger partial charge < -0.3 is 5.73 Å². The smallest absolute Gasteiger partial charge is 0.135 e. The second-order valence-electron chi connectivity index (χ2n) is 5.17. The molecule has 4 heteroatoms. The van der Waals surface area contributed by atoms with Crippen molar-refractivity contribution in [2.75, 3.05) is 0 Å². The fourth-order valence-electron chi connectivity index (χ4n) is 1.53. The predicted molar refractivity (Wildman–Crippen MR) is 63.8 cm³/mol. The summed E-state index contributed by atoms with van der Waals surface area (Å²) >= 11 is 1.60. The highest BCUT2D eigenvalue weighted by Crippen LogP contribution is 2.44. The first kappa shape index (κ1) is 10.6. The molecule has 0 amide bonds. The van der Waals surface area contributed by atoms with Gasteiger partial charge in [0.2, 0.25) is 0 Å². The van der Waals surface area contributed by atoms with Crippen molar-refractivity contribution in [3.63, 3.8) is 0 Å². The molecule has 0 aromatic carbocycles. The minimum Gasteiger partial charge on any atom is -0.383 e. The number of rotatable bonds is 2. The molecule has 0 saturated heterocycles. The van der Waals surface area contributed by atoms with Crippen molar-refractivity contribution >= 4 is 17.2 Å². The highest BCUT2D eigenvalue weighted by atomic mass is 32.1. The van der Waals surface area contributed by atoms with Crippen LogP contribution in [0.1, 0.15) is 55.1 Å². The Balaban J connectivity index is 2.46.